The fourth-order valence-electron chi connectivity index (χ4n) is 2.19. The summed E-state index contributed by atoms with van der Waals surface area (Å²) in [4.78, 5) is 22.7. The molecule has 1 amide bonds. The predicted octanol–water partition coefficient (Wildman–Crippen LogP) is 3.84. The number of nitriles is 1. The molecule has 0 radical (unpaired) electrons. The normalized spacial score (nSPS) is 10.8. The number of hydrogen-bond acceptors (Lipinski definition) is 4. The van der Waals surface area contributed by atoms with E-state index >= 15 is 0 Å². The van der Waals surface area contributed by atoms with E-state index in [1.54, 1.807) is 25.1 Å². The number of rotatable bonds is 5. The highest BCUT2D eigenvalue weighted by atomic mass is 19.1. The van der Waals surface area contributed by atoms with Crippen molar-refractivity contribution in [1.29, 1.82) is 5.26 Å². The van der Waals surface area contributed by atoms with E-state index < -0.39 is 16.6 Å². The van der Waals surface area contributed by atoms with Crippen LogP contribution < -0.4 is 5.32 Å². The lowest BCUT2D eigenvalue weighted by Crippen LogP contribution is -2.13. The van der Waals surface area contributed by atoms with Gasteiger partial charge in [0.25, 0.3) is 11.6 Å². The third kappa shape index (κ3) is 4.48. The number of nitrogens with one attached hydrogen (secondary N) is 1. The molecule has 0 aliphatic heterocycles. The quantitative estimate of drug-likeness (QED) is 0.387. The van der Waals surface area contributed by atoms with Gasteiger partial charge in [-0.1, -0.05) is 19.1 Å². The van der Waals surface area contributed by atoms with Crippen molar-refractivity contribution >= 4 is 23.4 Å². The lowest BCUT2D eigenvalue weighted by Gasteiger charge is -2.05. The molecule has 0 spiro atoms. The Morgan fingerprint density at radius 2 is 2.00 bits per heavy atom. The average molecular weight is 339 g/mol. The molecule has 0 aromatic heterocycles. The second-order valence-corrected chi connectivity index (χ2v) is 5.13. The monoisotopic (exact) mass is 339 g/mol. The van der Waals surface area contributed by atoms with Crippen molar-refractivity contribution < 1.29 is 14.1 Å². The van der Waals surface area contributed by atoms with E-state index in [2.05, 4.69) is 5.32 Å². The standard InChI is InChI=1S/C18H14FN3O3/c1-2-13-4-3-12(10-17(13)22(24)25)9-14(11-20)18(23)21-16-7-5-15(19)6-8-16/h3-10H,2H2,1H3,(H,21,23)/b14-9+. The largest absolute Gasteiger partial charge is 0.321 e. The number of nitro benzene ring substituents is 1. The maximum Gasteiger partial charge on any atom is 0.273 e. The van der Waals surface area contributed by atoms with Gasteiger partial charge in [-0.15, -0.1) is 0 Å². The number of hydrogen-bond donors (Lipinski definition) is 1. The minimum Gasteiger partial charge on any atom is -0.321 e. The van der Waals surface area contributed by atoms with Gasteiger partial charge in [0.2, 0.25) is 0 Å². The van der Waals surface area contributed by atoms with Crippen LogP contribution in [-0.4, -0.2) is 10.8 Å². The number of anilines is 1. The Kier molecular flexibility index (Phi) is 5.58. The van der Waals surface area contributed by atoms with Crippen molar-refractivity contribution in [1.82, 2.24) is 0 Å². The van der Waals surface area contributed by atoms with E-state index in [0.29, 0.717) is 23.2 Å². The SMILES string of the molecule is CCc1ccc(/C=C(\C#N)C(=O)Nc2ccc(F)cc2)cc1[N+](=O)[O-]. The first-order valence-corrected chi connectivity index (χ1v) is 7.40. The first-order chi connectivity index (χ1) is 11.9. The number of nitro groups is 1. The Balaban J connectivity index is 2.29. The van der Waals surface area contributed by atoms with E-state index in [9.17, 15) is 24.6 Å². The van der Waals surface area contributed by atoms with Crippen molar-refractivity contribution in [2.24, 2.45) is 0 Å². The average Bonchev–Trinajstić information content (AvgIpc) is 2.61. The fourth-order valence-corrected chi connectivity index (χ4v) is 2.19. The lowest BCUT2D eigenvalue weighted by molar-refractivity contribution is -0.385. The number of aryl methyl sites for hydroxylation is 1. The highest BCUT2D eigenvalue weighted by molar-refractivity contribution is 6.09. The summed E-state index contributed by atoms with van der Waals surface area (Å²) in [5.74, 6) is -1.13. The molecule has 0 atom stereocenters. The molecule has 0 unspecified atom stereocenters. The molecule has 0 aliphatic rings. The number of benzene rings is 2. The molecule has 7 heteroatoms. The smallest absolute Gasteiger partial charge is 0.273 e. The van der Waals surface area contributed by atoms with Crippen LogP contribution in [0.5, 0.6) is 0 Å². The van der Waals surface area contributed by atoms with Gasteiger partial charge in [-0.05, 0) is 42.3 Å². The van der Waals surface area contributed by atoms with Gasteiger partial charge < -0.3 is 5.32 Å². The molecule has 126 valence electrons. The molecule has 25 heavy (non-hydrogen) atoms. The molecule has 2 aromatic rings. The molecule has 0 saturated carbocycles. The van der Waals surface area contributed by atoms with E-state index in [0.717, 1.165) is 0 Å². The van der Waals surface area contributed by atoms with Crippen molar-refractivity contribution in [3.63, 3.8) is 0 Å². The zero-order chi connectivity index (χ0) is 18.4. The Morgan fingerprint density at radius 3 is 2.56 bits per heavy atom. The summed E-state index contributed by atoms with van der Waals surface area (Å²) >= 11 is 0. The molecule has 2 aromatic carbocycles. The van der Waals surface area contributed by atoms with Crippen molar-refractivity contribution in [2.75, 3.05) is 5.32 Å². The van der Waals surface area contributed by atoms with Crippen LogP contribution >= 0.6 is 0 Å². The minimum atomic E-state index is -0.684. The Bertz CT molecular complexity index is 883. The number of carbonyl (C=O) groups excluding carboxylic acids is 1. The zero-order valence-electron chi connectivity index (χ0n) is 13.3. The summed E-state index contributed by atoms with van der Waals surface area (Å²) in [6.07, 6.45) is 1.77. The second-order valence-electron chi connectivity index (χ2n) is 5.13. The van der Waals surface area contributed by atoms with Gasteiger partial charge in [0.1, 0.15) is 17.5 Å². The number of carbonyl (C=O) groups is 1. The lowest BCUT2D eigenvalue weighted by atomic mass is 10.0. The fraction of sp³-hybridized carbons (Fsp3) is 0.111. The van der Waals surface area contributed by atoms with Gasteiger partial charge in [0.05, 0.1) is 4.92 Å². The maximum atomic E-state index is 12.9. The molecule has 0 bridgehead atoms. The van der Waals surface area contributed by atoms with Crippen LogP contribution in [0.2, 0.25) is 0 Å². The molecule has 0 aliphatic carbocycles. The summed E-state index contributed by atoms with van der Waals surface area (Å²) < 4.78 is 12.9. The summed E-state index contributed by atoms with van der Waals surface area (Å²) in [5, 5.41) is 22.8. The molecule has 6 nitrogen and oxygen atoms in total. The van der Waals surface area contributed by atoms with Crippen LogP contribution in [0.25, 0.3) is 6.08 Å². The van der Waals surface area contributed by atoms with Crippen LogP contribution in [0, 0.1) is 27.3 Å². The first-order valence-electron chi connectivity index (χ1n) is 7.40. The summed E-state index contributed by atoms with van der Waals surface area (Å²) in [7, 11) is 0. The van der Waals surface area contributed by atoms with Gasteiger partial charge in [-0.3, -0.25) is 14.9 Å². The maximum absolute atomic E-state index is 12.9. The number of nitrogens with zero attached hydrogens (tertiary/aromatic N) is 2. The van der Waals surface area contributed by atoms with Gasteiger partial charge in [-0.25, -0.2) is 4.39 Å². The van der Waals surface area contributed by atoms with Crippen LogP contribution in [0.15, 0.2) is 48.0 Å². The van der Waals surface area contributed by atoms with E-state index in [-0.39, 0.29) is 11.3 Å². The van der Waals surface area contributed by atoms with Crippen molar-refractivity contribution in [2.45, 2.75) is 13.3 Å². The summed E-state index contributed by atoms with van der Waals surface area (Å²) in [6, 6.07) is 11.4. The summed E-state index contributed by atoms with van der Waals surface area (Å²) in [5.41, 5.74) is 0.987. The van der Waals surface area contributed by atoms with Gasteiger partial charge >= 0.3 is 0 Å². The highest BCUT2D eigenvalue weighted by Crippen LogP contribution is 2.22. The molecular weight excluding hydrogens is 325 g/mol. The second kappa shape index (κ2) is 7.84. The predicted molar refractivity (Wildman–Crippen MR) is 91.1 cm³/mol. The molecule has 0 saturated heterocycles. The molecule has 0 fully saturated rings. The van der Waals surface area contributed by atoms with Gasteiger partial charge in [0.15, 0.2) is 0 Å². The number of halogens is 1. The molecular formula is C18H14FN3O3. The van der Waals surface area contributed by atoms with Crippen LogP contribution in [-0.2, 0) is 11.2 Å². The molecule has 2 rings (SSSR count). The van der Waals surface area contributed by atoms with Crippen LogP contribution in [0.3, 0.4) is 0 Å². The molecule has 1 N–H and O–H groups in total. The Morgan fingerprint density at radius 1 is 1.32 bits per heavy atom. The topological polar surface area (TPSA) is 96.0 Å². The highest BCUT2D eigenvalue weighted by Gasteiger charge is 2.14. The van der Waals surface area contributed by atoms with Gasteiger partial charge in [-0.2, -0.15) is 5.26 Å². The Labute approximate surface area is 143 Å². The van der Waals surface area contributed by atoms with E-state index in [1.165, 1.54) is 36.4 Å². The minimum absolute atomic E-state index is 0.0625. The van der Waals surface area contributed by atoms with Gasteiger partial charge in [0, 0.05) is 17.3 Å². The third-order valence-electron chi connectivity index (χ3n) is 3.47. The van der Waals surface area contributed by atoms with Crippen LogP contribution in [0.4, 0.5) is 15.8 Å². The van der Waals surface area contributed by atoms with Crippen molar-refractivity contribution in [3.8, 4) is 6.07 Å². The third-order valence-corrected chi connectivity index (χ3v) is 3.47. The van der Waals surface area contributed by atoms with E-state index in [4.69, 9.17) is 0 Å². The number of amides is 1. The van der Waals surface area contributed by atoms with Crippen LogP contribution in [0.1, 0.15) is 18.1 Å². The van der Waals surface area contributed by atoms with Crippen molar-refractivity contribution in [3.05, 3.63) is 75.1 Å². The molecule has 0 heterocycles. The first kappa shape index (κ1) is 17.8. The Hall–Kier alpha value is -3.53. The van der Waals surface area contributed by atoms with E-state index in [1.807, 2.05) is 0 Å². The summed E-state index contributed by atoms with van der Waals surface area (Å²) in [6.45, 7) is 1.80. The zero-order valence-corrected chi connectivity index (χ0v) is 13.3.